The summed E-state index contributed by atoms with van der Waals surface area (Å²) in [6.07, 6.45) is 3.83. The van der Waals surface area contributed by atoms with E-state index in [-0.39, 0.29) is 0 Å². The lowest BCUT2D eigenvalue weighted by atomic mass is 10.1. The van der Waals surface area contributed by atoms with Crippen LogP contribution in [0, 0.1) is 5.92 Å². The molecule has 1 aromatic heterocycles. The van der Waals surface area contributed by atoms with Crippen LogP contribution in [0.5, 0.6) is 0 Å². The molecule has 16 heavy (non-hydrogen) atoms. The van der Waals surface area contributed by atoms with Gasteiger partial charge in [-0.2, -0.15) is 0 Å². The molecule has 1 atom stereocenters. The molecule has 2 heterocycles. The Morgan fingerprint density at radius 3 is 3.12 bits per heavy atom. The molecule has 2 rings (SSSR count). The van der Waals surface area contributed by atoms with Gasteiger partial charge in [-0.25, -0.2) is 0 Å². The highest BCUT2D eigenvalue weighted by molar-refractivity contribution is 9.10. The normalized spacial score (nSPS) is 20.4. The first kappa shape index (κ1) is 12.6. The first-order valence-corrected chi connectivity index (χ1v) is 7.66. The first-order valence-electron chi connectivity index (χ1n) is 5.99. The van der Waals surface area contributed by atoms with E-state index in [0.29, 0.717) is 0 Å². The fraction of sp³-hybridized carbons (Fsp3) is 0.667. The summed E-state index contributed by atoms with van der Waals surface area (Å²) in [5, 5.41) is 9.10. The monoisotopic (exact) mass is 302 g/mol. The zero-order chi connectivity index (χ0) is 11.2. The highest BCUT2D eigenvalue weighted by Crippen LogP contribution is 2.19. The number of hydrogen-bond acceptors (Lipinski definition) is 3. The van der Waals surface area contributed by atoms with Crippen molar-refractivity contribution in [2.45, 2.75) is 19.3 Å². The highest BCUT2D eigenvalue weighted by atomic mass is 79.9. The van der Waals surface area contributed by atoms with Gasteiger partial charge in [0.05, 0.1) is 0 Å². The summed E-state index contributed by atoms with van der Waals surface area (Å²) >= 11 is 5.32. The zero-order valence-electron chi connectivity index (χ0n) is 9.47. The van der Waals surface area contributed by atoms with Gasteiger partial charge in [0.2, 0.25) is 0 Å². The van der Waals surface area contributed by atoms with E-state index in [1.54, 1.807) is 0 Å². The molecule has 1 saturated heterocycles. The van der Waals surface area contributed by atoms with Crippen molar-refractivity contribution < 1.29 is 0 Å². The summed E-state index contributed by atoms with van der Waals surface area (Å²) in [4.78, 5) is 1.46. The van der Waals surface area contributed by atoms with Crippen molar-refractivity contribution in [3.63, 3.8) is 0 Å². The zero-order valence-corrected chi connectivity index (χ0v) is 11.9. The summed E-state index contributed by atoms with van der Waals surface area (Å²) < 4.78 is 1.21. The summed E-state index contributed by atoms with van der Waals surface area (Å²) in [5.74, 6) is 0.906. The second kappa shape index (κ2) is 6.74. The summed E-state index contributed by atoms with van der Waals surface area (Å²) in [6.45, 7) is 4.71. The Hall–Kier alpha value is 0.1000. The van der Waals surface area contributed by atoms with Crippen LogP contribution in [0.2, 0.25) is 0 Å². The molecular weight excluding hydrogens is 284 g/mol. The molecule has 90 valence electrons. The molecule has 2 N–H and O–H groups in total. The third-order valence-corrected chi connectivity index (χ3v) is 4.82. The fourth-order valence-electron chi connectivity index (χ4n) is 2.09. The molecule has 0 saturated carbocycles. The van der Waals surface area contributed by atoms with E-state index in [9.17, 15) is 0 Å². The molecule has 1 unspecified atom stereocenters. The van der Waals surface area contributed by atoms with Crippen LogP contribution in [0.3, 0.4) is 0 Å². The number of nitrogens with one attached hydrogen (secondary N) is 2. The van der Waals surface area contributed by atoms with Crippen LogP contribution in [0.1, 0.15) is 17.7 Å². The second-order valence-corrected chi connectivity index (χ2v) is 6.29. The van der Waals surface area contributed by atoms with E-state index < -0.39 is 0 Å². The minimum absolute atomic E-state index is 0.906. The van der Waals surface area contributed by atoms with Crippen LogP contribution < -0.4 is 10.6 Å². The van der Waals surface area contributed by atoms with Gasteiger partial charge >= 0.3 is 0 Å². The Bertz CT molecular complexity index is 308. The Balaban J connectivity index is 1.51. The van der Waals surface area contributed by atoms with Gasteiger partial charge in [-0.1, -0.05) is 0 Å². The minimum atomic E-state index is 0.906. The first-order chi connectivity index (χ1) is 7.84. The summed E-state index contributed by atoms with van der Waals surface area (Å²) in [5.41, 5.74) is 0. The second-order valence-electron chi connectivity index (χ2n) is 4.38. The van der Waals surface area contributed by atoms with Gasteiger partial charge in [-0.05, 0) is 73.4 Å². The average molecular weight is 303 g/mol. The van der Waals surface area contributed by atoms with Gasteiger partial charge in [-0.3, -0.25) is 0 Å². The van der Waals surface area contributed by atoms with Crippen LogP contribution >= 0.6 is 27.3 Å². The van der Waals surface area contributed by atoms with Gasteiger partial charge in [0, 0.05) is 14.7 Å². The highest BCUT2D eigenvalue weighted by Gasteiger charge is 2.12. The van der Waals surface area contributed by atoms with Crippen molar-refractivity contribution in [1.29, 1.82) is 0 Å². The predicted molar refractivity (Wildman–Crippen MR) is 74.2 cm³/mol. The molecule has 0 spiro atoms. The maximum absolute atomic E-state index is 3.53. The predicted octanol–water partition coefficient (Wildman–Crippen LogP) is 2.64. The average Bonchev–Trinajstić information content (AvgIpc) is 2.89. The van der Waals surface area contributed by atoms with Crippen molar-refractivity contribution in [3.05, 3.63) is 20.8 Å². The quantitative estimate of drug-likeness (QED) is 0.790. The summed E-state index contributed by atoms with van der Waals surface area (Å²) in [6, 6.07) is 2.22. The molecule has 0 aliphatic carbocycles. The van der Waals surface area contributed by atoms with Crippen molar-refractivity contribution >= 4 is 27.3 Å². The molecule has 1 aromatic rings. The van der Waals surface area contributed by atoms with Gasteiger partial charge in [0.25, 0.3) is 0 Å². The standard InChI is InChI=1S/C12H19BrN2S/c13-11-7-12(16-9-11)3-6-14-4-1-10-2-5-15-8-10/h7,9-10,14-15H,1-6,8H2. The molecule has 4 heteroatoms. The van der Waals surface area contributed by atoms with Gasteiger partial charge in [0.15, 0.2) is 0 Å². The molecule has 1 aliphatic rings. The molecule has 0 amide bonds. The summed E-state index contributed by atoms with van der Waals surface area (Å²) in [7, 11) is 0. The maximum atomic E-state index is 3.53. The van der Waals surface area contributed by atoms with E-state index in [4.69, 9.17) is 0 Å². The van der Waals surface area contributed by atoms with E-state index in [1.165, 1.54) is 41.8 Å². The third kappa shape index (κ3) is 4.17. The molecular formula is C12H19BrN2S. The Kier molecular flexibility index (Phi) is 5.29. The van der Waals surface area contributed by atoms with Crippen molar-refractivity contribution in [1.82, 2.24) is 10.6 Å². The number of halogens is 1. The Labute approximate surface area is 110 Å². The lowest BCUT2D eigenvalue weighted by molar-refractivity contribution is 0.502. The van der Waals surface area contributed by atoms with Gasteiger partial charge < -0.3 is 10.6 Å². The minimum Gasteiger partial charge on any atom is -0.316 e. The van der Waals surface area contributed by atoms with Crippen LogP contribution in [0.25, 0.3) is 0 Å². The van der Waals surface area contributed by atoms with Crippen molar-refractivity contribution in [2.75, 3.05) is 26.2 Å². The van der Waals surface area contributed by atoms with E-state index >= 15 is 0 Å². The smallest absolute Gasteiger partial charge is 0.0285 e. The van der Waals surface area contributed by atoms with Crippen LogP contribution in [0.15, 0.2) is 15.9 Å². The maximum Gasteiger partial charge on any atom is 0.0285 e. The van der Waals surface area contributed by atoms with Crippen LogP contribution in [-0.2, 0) is 6.42 Å². The van der Waals surface area contributed by atoms with E-state index in [2.05, 4.69) is 38.0 Å². The molecule has 1 fully saturated rings. The molecule has 0 aromatic carbocycles. The fourth-order valence-corrected chi connectivity index (χ4v) is 3.54. The van der Waals surface area contributed by atoms with Gasteiger partial charge in [0.1, 0.15) is 0 Å². The topological polar surface area (TPSA) is 24.1 Å². The molecule has 0 bridgehead atoms. The largest absolute Gasteiger partial charge is 0.316 e. The lowest BCUT2D eigenvalue weighted by Crippen LogP contribution is -2.21. The van der Waals surface area contributed by atoms with E-state index in [1.807, 2.05) is 11.3 Å². The number of thiophene rings is 1. The van der Waals surface area contributed by atoms with Crippen molar-refractivity contribution in [2.24, 2.45) is 5.92 Å². The lowest BCUT2D eigenvalue weighted by Gasteiger charge is -2.08. The number of rotatable bonds is 6. The van der Waals surface area contributed by atoms with Gasteiger partial charge in [-0.15, -0.1) is 11.3 Å². The third-order valence-electron chi connectivity index (χ3n) is 3.06. The SMILES string of the molecule is Brc1csc(CCNCCC2CCNC2)c1. The van der Waals surface area contributed by atoms with E-state index in [0.717, 1.165) is 18.9 Å². The molecule has 0 radical (unpaired) electrons. The van der Waals surface area contributed by atoms with Crippen LogP contribution in [-0.4, -0.2) is 26.2 Å². The molecule has 2 nitrogen and oxygen atoms in total. The Morgan fingerprint density at radius 2 is 2.44 bits per heavy atom. The van der Waals surface area contributed by atoms with Crippen molar-refractivity contribution in [3.8, 4) is 0 Å². The number of hydrogen-bond donors (Lipinski definition) is 2. The molecule has 1 aliphatic heterocycles. The van der Waals surface area contributed by atoms with Crippen LogP contribution in [0.4, 0.5) is 0 Å². The Morgan fingerprint density at radius 1 is 1.50 bits per heavy atom.